The third kappa shape index (κ3) is 6.32. The van der Waals surface area contributed by atoms with Crippen molar-refractivity contribution in [3.8, 4) is 5.75 Å². The smallest absolute Gasteiger partial charge is 0.308 e. The molecule has 2 heteroatoms. The molecule has 0 radical (unpaired) electrons. The van der Waals surface area contributed by atoms with E-state index in [9.17, 15) is 4.79 Å². The quantitative estimate of drug-likeness (QED) is 0.131. The van der Waals surface area contributed by atoms with Gasteiger partial charge in [0.25, 0.3) is 0 Å². The number of ether oxygens (including phenoxy) is 1. The van der Waals surface area contributed by atoms with Crippen LogP contribution < -0.4 is 4.74 Å². The summed E-state index contributed by atoms with van der Waals surface area (Å²) in [6.07, 6.45) is 14.2. The molecule has 0 aliphatic heterocycles. The Bertz CT molecular complexity index is 957. The molecule has 0 unspecified atom stereocenters. The van der Waals surface area contributed by atoms with E-state index >= 15 is 0 Å². The number of unbranched alkanes of at least 4 members (excludes halogenated alkanes) is 9. The van der Waals surface area contributed by atoms with Crippen LogP contribution in [0.5, 0.6) is 5.75 Å². The first-order chi connectivity index (χ1) is 14.7. The number of hydrogen-bond acceptors (Lipinski definition) is 2. The topological polar surface area (TPSA) is 26.3 Å². The van der Waals surface area contributed by atoms with E-state index in [-0.39, 0.29) is 5.97 Å². The average Bonchev–Trinajstić information content (AvgIpc) is 2.74. The number of esters is 1. The second kappa shape index (κ2) is 11.7. The molecule has 3 aromatic rings. The molecule has 3 aromatic carbocycles. The van der Waals surface area contributed by atoms with Gasteiger partial charge in [-0.25, -0.2) is 0 Å². The minimum atomic E-state index is -0.250. The van der Waals surface area contributed by atoms with E-state index in [4.69, 9.17) is 4.74 Å². The molecule has 0 N–H and O–H groups in total. The fraction of sp³-hybridized carbons (Fsp3) is 0.464. The third-order valence-corrected chi connectivity index (χ3v) is 5.96. The van der Waals surface area contributed by atoms with Crippen molar-refractivity contribution in [3.05, 3.63) is 54.1 Å². The van der Waals surface area contributed by atoms with E-state index in [0.29, 0.717) is 0 Å². The summed E-state index contributed by atoms with van der Waals surface area (Å²) in [6.45, 7) is 3.76. The van der Waals surface area contributed by atoms with Gasteiger partial charge in [-0.2, -0.15) is 0 Å². The van der Waals surface area contributed by atoms with Crippen molar-refractivity contribution in [1.82, 2.24) is 0 Å². The molecule has 3 rings (SSSR count). The van der Waals surface area contributed by atoms with E-state index in [1.165, 1.54) is 75.5 Å². The predicted molar refractivity (Wildman–Crippen MR) is 128 cm³/mol. The number of benzene rings is 3. The van der Waals surface area contributed by atoms with Crippen LogP contribution in [0.15, 0.2) is 48.5 Å². The number of fused-ring (bicyclic) bond motifs is 2. The highest BCUT2D eigenvalue weighted by molar-refractivity contribution is 6.02. The highest BCUT2D eigenvalue weighted by Gasteiger charge is 2.12. The summed E-state index contributed by atoms with van der Waals surface area (Å²) < 4.78 is 5.71. The molecule has 30 heavy (non-hydrogen) atoms. The molecule has 0 aliphatic rings. The van der Waals surface area contributed by atoms with Gasteiger partial charge in [-0.05, 0) is 46.7 Å². The lowest BCUT2D eigenvalue weighted by atomic mass is 9.97. The molecule has 0 saturated carbocycles. The summed E-state index contributed by atoms with van der Waals surface area (Å²) in [7, 11) is 0. The first kappa shape index (κ1) is 22.3. The van der Waals surface area contributed by atoms with Crippen molar-refractivity contribution < 1.29 is 9.53 Å². The van der Waals surface area contributed by atoms with Crippen LogP contribution in [0.3, 0.4) is 0 Å². The zero-order valence-electron chi connectivity index (χ0n) is 18.7. The fourth-order valence-corrected chi connectivity index (χ4v) is 4.30. The van der Waals surface area contributed by atoms with E-state index in [0.717, 1.165) is 34.9 Å². The van der Waals surface area contributed by atoms with Gasteiger partial charge in [0.2, 0.25) is 0 Å². The van der Waals surface area contributed by atoms with Gasteiger partial charge in [-0.15, -0.1) is 0 Å². The monoisotopic (exact) mass is 404 g/mol. The Morgan fingerprint density at radius 3 is 1.97 bits per heavy atom. The Balaban J connectivity index is 1.60. The van der Waals surface area contributed by atoms with E-state index < -0.39 is 0 Å². The minimum Gasteiger partial charge on any atom is -0.426 e. The normalized spacial score (nSPS) is 11.3. The number of rotatable bonds is 12. The zero-order valence-corrected chi connectivity index (χ0v) is 18.7. The van der Waals surface area contributed by atoms with Gasteiger partial charge in [0.1, 0.15) is 5.75 Å². The molecule has 0 bridgehead atoms. The lowest BCUT2D eigenvalue weighted by Crippen LogP contribution is -2.05. The molecule has 0 saturated heterocycles. The summed E-state index contributed by atoms with van der Waals surface area (Å²) >= 11 is 0. The number of hydrogen-bond donors (Lipinski definition) is 0. The lowest BCUT2D eigenvalue weighted by molar-refractivity contribution is -0.131. The summed E-state index contributed by atoms with van der Waals surface area (Å²) in [6, 6.07) is 17.0. The second-order valence-electron chi connectivity index (χ2n) is 8.50. The standard InChI is InChI=1S/C28H36O2/c1-3-4-5-6-7-8-9-10-11-12-15-23-18-19-26-20-24-16-13-14-17-25(24)21-27(26)28(23)30-22(2)29/h13-14,16-21H,3-12,15H2,1-2H3. The zero-order chi connectivity index (χ0) is 21.2. The maximum Gasteiger partial charge on any atom is 0.308 e. The second-order valence-corrected chi connectivity index (χ2v) is 8.50. The summed E-state index contributed by atoms with van der Waals surface area (Å²) in [5, 5.41) is 4.54. The molecule has 0 spiro atoms. The molecule has 0 aromatic heterocycles. The number of carbonyl (C=O) groups is 1. The van der Waals surface area contributed by atoms with Crippen LogP contribution in [0, 0.1) is 0 Å². The van der Waals surface area contributed by atoms with Gasteiger partial charge in [-0.3, -0.25) is 4.79 Å². The Morgan fingerprint density at radius 1 is 0.733 bits per heavy atom. The number of aryl methyl sites for hydroxylation is 1. The molecule has 0 aliphatic carbocycles. The molecule has 0 amide bonds. The van der Waals surface area contributed by atoms with Crippen molar-refractivity contribution in [2.24, 2.45) is 0 Å². The summed E-state index contributed by atoms with van der Waals surface area (Å²) in [5.41, 5.74) is 1.15. The van der Waals surface area contributed by atoms with Gasteiger partial charge in [-0.1, -0.05) is 101 Å². The van der Waals surface area contributed by atoms with Crippen LogP contribution in [-0.4, -0.2) is 5.97 Å². The van der Waals surface area contributed by atoms with Gasteiger partial charge in [0.15, 0.2) is 0 Å². The van der Waals surface area contributed by atoms with E-state index in [2.05, 4.69) is 49.4 Å². The number of carbonyl (C=O) groups excluding carboxylic acids is 1. The minimum absolute atomic E-state index is 0.250. The van der Waals surface area contributed by atoms with Gasteiger partial charge in [0.05, 0.1) is 0 Å². The maximum absolute atomic E-state index is 11.8. The average molecular weight is 405 g/mol. The predicted octanol–water partition coefficient (Wildman–Crippen LogP) is 8.38. The van der Waals surface area contributed by atoms with E-state index in [1.807, 2.05) is 6.07 Å². The van der Waals surface area contributed by atoms with Crippen LogP contribution in [0.2, 0.25) is 0 Å². The summed E-state index contributed by atoms with van der Waals surface area (Å²) in [4.78, 5) is 11.8. The van der Waals surface area contributed by atoms with Gasteiger partial charge < -0.3 is 4.74 Å². The molecular formula is C28H36O2. The first-order valence-corrected chi connectivity index (χ1v) is 11.8. The molecule has 0 heterocycles. The Labute approximate surface area is 181 Å². The fourth-order valence-electron chi connectivity index (χ4n) is 4.30. The molecule has 160 valence electrons. The van der Waals surface area contributed by atoms with Crippen LogP contribution in [-0.2, 0) is 11.2 Å². The van der Waals surface area contributed by atoms with Crippen molar-refractivity contribution in [3.63, 3.8) is 0 Å². The molecule has 2 nitrogen and oxygen atoms in total. The Hall–Kier alpha value is -2.35. The third-order valence-electron chi connectivity index (χ3n) is 5.96. The van der Waals surface area contributed by atoms with Crippen LogP contribution >= 0.6 is 0 Å². The van der Waals surface area contributed by atoms with Gasteiger partial charge in [0, 0.05) is 12.3 Å². The first-order valence-electron chi connectivity index (χ1n) is 11.8. The van der Waals surface area contributed by atoms with Crippen molar-refractivity contribution in [1.29, 1.82) is 0 Å². The van der Waals surface area contributed by atoms with Crippen molar-refractivity contribution in [2.75, 3.05) is 0 Å². The molecular weight excluding hydrogens is 368 g/mol. The molecule has 0 fully saturated rings. The van der Waals surface area contributed by atoms with E-state index in [1.54, 1.807) is 0 Å². The van der Waals surface area contributed by atoms with Crippen LogP contribution in [0.25, 0.3) is 21.5 Å². The van der Waals surface area contributed by atoms with Crippen molar-refractivity contribution >= 4 is 27.5 Å². The lowest BCUT2D eigenvalue weighted by Gasteiger charge is -2.13. The van der Waals surface area contributed by atoms with Crippen molar-refractivity contribution in [2.45, 2.75) is 84.5 Å². The van der Waals surface area contributed by atoms with Crippen LogP contribution in [0.1, 0.15) is 83.6 Å². The molecule has 0 atom stereocenters. The SMILES string of the molecule is CCCCCCCCCCCCc1ccc2cc3ccccc3cc2c1OC(C)=O. The largest absolute Gasteiger partial charge is 0.426 e. The summed E-state index contributed by atoms with van der Waals surface area (Å²) in [5.74, 6) is 0.502. The highest BCUT2D eigenvalue weighted by atomic mass is 16.5. The van der Waals surface area contributed by atoms with Gasteiger partial charge >= 0.3 is 5.97 Å². The Kier molecular flexibility index (Phi) is 8.74. The maximum atomic E-state index is 11.8. The highest BCUT2D eigenvalue weighted by Crippen LogP contribution is 2.34. The Morgan fingerprint density at radius 2 is 1.33 bits per heavy atom. The van der Waals surface area contributed by atoms with Crippen LogP contribution in [0.4, 0.5) is 0 Å².